The maximum absolute atomic E-state index is 13.0. The molecule has 3 aromatic rings. The number of aromatic amines is 1. The van der Waals surface area contributed by atoms with Crippen molar-refractivity contribution in [2.24, 2.45) is 0 Å². The molecule has 1 aromatic carbocycles. The van der Waals surface area contributed by atoms with Crippen LogP contribution in [0.15, 0.2) is 48.8 Å². The number of H-pyrrole nitrogens is 1. The minimum absolute atomic E-state index is 0. The summed E-state index contributed by atoms with van der Waals surface area (Å²) in [6, 6.07) is 11.6. The van der Waals surface area contributed by atoms with E-state index in [1.54, 1.807) is 6.20 Å². The van der Waals surface area contributed by atoms with Crippen LogP contribution < -0.4 is 5.32 Å². The monoisotopic (exact) mass is 390 g/mol. The van der Waals surface area contributed by atoms with Crippen molar-refractivity contribution in [1.82, 2.24) is 20.2 Å². The number of hydrogen-bond donors (Lipinski definition) is 2. The number of carbonyl (C=O) groups is 1. The Morgan fingerprint density at radius 2 is 2.19 bits per heavy atom. The molecule has 7 heteroatoms. The van der Waals surface area contributed by atoms with Gasteiger partial charge in [-0.05, 0) is 35.4 Å². The van der Waals surface area contributed by atoms with E-state index in [-0.39, 0.29) is 24.4 Å². The predicted octanol–water partition coefficient (Wildman–Crippen LogP) is 3.35. The van der Waals surface area contributed by atoms with Gasteiger partial charge in [0.05, 0.1) is 12.5 Å². The number of amides is 1. The summed E-state index contributed by atoms with van der Waals surface area (Å²) in [5.74, 6) is 0.122. The van der Waals surface area contributed by atoms with Crippen LogP contribution in [0.25, 0.3) is 11.0 Å². The maximum Gasteiger partial charge on any atom is 0.227 e. The summed E-state index contributed by atoms with van der Waals surface area (Å²) in [5.41, 5.74) is 2.86. The number of fused-ring (bicyclic) bond motifs is 1. The second-order valence-corrected chi connectivity index (χ2v) is 6.69. The smallest absolute Gasteiger partial charge is 0.227 e. The molecule has 0 saturated carbocycles. The summed E-state index contributed by atoms with van der Waals surface area (Å²) in [6.07, 6.45) is 3.99. The number of carbonyl (C=O) groups excluding carboxylic acids is 1. The standard InChI is InChI=1S/C19H19ClN4O.ClH/c20-15-4-1-3-13(9-15)17-12-21-7-8-24(17)18(25)10-14-11-23-19-16(14)5-2-6-22-19;/h1-6,9,11,17,21H,7-8,10,12H2,(H,22,23);1H. The highest BCUT2D eigenvalue weighted by atomic mass is 35.5. The summed E-state index contributed by atoms with van der Waals surface area (Å²) in [4.78, 5) is 22.4. The van der Waals surface area contributed by atoms with Gasteiger partial charge in [-0.25, -0.2) is 4.98 Å². The number of halogens is 2. The number of nitrogens with zero attached hydrogens (tertiary/aromatic N) is 2. The zero-order chi connectivity index (χ0) is 17.2. The fraction of sp³-hybridized carbons (Fsp3) is 0.263. The fourth-order valence-corrected chi connectivity index (χ4v) is 3.64. The van der Waals surface area contributed by atoms with Crippen molar-refractivity contribution < 1.29 is 4.79 Å². The van der Waals surface area contributed by atoms with Gasteiger partial charge in [0.1, 0.15) is 5.65 Å². The summed E-state index contributed by atoms with van der Waals surface area (Å²) in [6.45, 7) is 2.23. The van der Waals surface area contributed by atoms with E-state index in [9.17, 15) is 4.79 Å². The Hall–Kier alpha value is -2.08. The Morgan fingerprint density at radius 3 is 3.04 bits per heavy atom. The first kappa shape index (κ1) is 18.7. The van der Waals surface area contributed by atoms with E-state index < -0.39 is 0 Å². The van der Waals surface area contributed by atoms with Gasteiger partial charge in [0, 0.05) is 42.4 Å². The van der Waals surface area contributed by atoms with Gasteiger partial charge in [-0.15, -0.1) is 12.4 Å². The third-order valence-electron chi connectivity index (χ3n) is 4.68. The number of rotatable bonds is 3. The van der Waals surface area contributed by atoms with Crippen LogP contribution in [0.3, 0.4) is 0 Å². The molecule has 0 radical (unpaired) electrons. The van der Waals surface area contributed by atoms with Crippen molar-refractivity contribution in [2.75, 3.05) is 19.6 Å². The molecule has 1 unspecified atom stereocenters. The molecule has 0 aliphatic carbocycles. The number of aromatic nitrogens is 2. The molecular formula is C19H20Cl2N4O. The highest BCUT2D eigenvalue weighted by Gasteiger charge is 2.28. The first-order valence-electron chi connectivity index (χ1n) is 8.39. The molecule has 1 saturated heterocycles. The van der Waals surface area contributed by atoms with Crippen molar-refractivity contribution in [1.29, 1.82) is 0 Å². The Bertz CT molecular complexity index is 911. The van der Waals surface area contributed by atoms with Crippen LogP contribution in [0.1, 0.15) is 17.2 Å². The molecule has 0 bridgehead atoms. The summed E-state index contributed by atoms with van der Waals surface area (Å²) in [5, 5.41) is 5.07. The average Bonchev–Trinajstić information content (AvgIpc) is 3.05. The number of pyridine rings is 1. The molecule has 3 heterocycles. The SMILES string of the molecule is Cl.O=C(Cc1c[nH]c2ncccc12)N1CCNCC1c1cccc(Cl)c1. The fourth-order valence-electron chi connectivity index (χ4n) is 3.44. The number of hydrogen-bond acceptors (Lipinski definition) is 3. The highest BCUT2D eigenvalue weighted by Crippen LogP contribution is 2.26. The lowest BCUT2D eigenvalue weighted by Crippen LogP contribution is -2.49. The van der Waals surface area contributed by atoms with Crippen molar-refractivity contribution in [3.05, 3.63) is 64.9 Å². The number of nitrogens with one attached hydrogen (secondary N) is 2. The first-order chi connectivity index (χ1) is 12.2. The zero-order valence-electron chi connectivity index (χ0n) is 14.1. The molecule has 2 N–H and O–H groups in total. The Kier molecular flexibility index (Phi) is 5.81. The molecule has 0 spiro atoms. The minimum Gasteiger partial charge on any atom is -0.346 e. The van der Waals surface area contributed by atoms with E-state index in [0.717, 1.165) is 35.2 Å². The molecule has 1 fully saturated rings. The third kappa shape index (κ3) is 3.70. The van der Waals surface area contributed by atoms with E-state index in [0.29, 0.717) is 18.0 Å². The quantitative estimate of drug-likeness (QED) is 0.720. The van der Waals surface area contributed by atoms with Crippen LogP contribution in [0, 0.1) is 0 Å². The molecule has 1 atom stereocenters. The van der Waals surface area contributed by atoms with Crippen LogP contribution >= 0.6 is 24.0 Å². The first-order valence-corrected chi connectivity index (χ1v) is 8.77. The third-order valence-corrected chi connectivity index (χ3v) is 4.91. The van der Waals surface area contributed by atoms with Gasteiger partial charge < -0.3 is 15.2 Å². The van der Waals surface area contributed by atoms with E-state index in [1.165, 1.54) is 0 Å². The topological polar surface area (TPSA) is 61.0 Å². The van der Waals surface area contributed by atoms with Gasteiger partial charge >= 0.3 is 0 Å². The van der Waals surface area contributed by atoms with Crippen molar-refractivity contribution in [3.63, 3.8) is 0 Å². The second-order valence-electron chi connectivity index (χ2n) is 6.25. The zero-order valence-corrected chi connectivity index (χ0v) is 15.7. The molecule has 5 nitrogen and oxygen atoms in total. The second kappa shape index (κ2) is 8.08. The molecule has 4 rings (SSSR count). The van der Waals surface area contributed by atoms with Crippen LogP contribution in [0.4, 0.5) is 0 Å². The largest absolute Gasteiger partial charge is 0.346 e. The molecule has 26 heavy (non-hydrogen) atoms. The maximum atomic E-state index is 13.0. The summed E-state index contributed by atoms with van der Waals surface area (Å²) >= 11 is 6.14. The van der Waals surface area contributed by atoms with Crippen LogP contribution in [-0.4, -0.2) is 40.4 Å². The van der Waals surface area contributed by atoms with Gasteiger partial charge in [0.25, 0.3) is 0 Å². The summed E-state index contributed by atoms with van der Waals surface area (Å²) in [7, 11) is 0. The van der Waals surface area contributed by atoms with Crippen LogP contribution in [-0.2, 0) is 11.2 Å². The Morgan fingerprint density at radius 1 is 1.31 bits per heavy atom. The van der Waals surface area contributed by atoms with Gasteiger partial charge in [0.15, 0.2) is 0 Å². The normalized spacial score (nSPS) is 17.1. The highest BCUT2D eigenvalue weighted by molar-refractivity contribution is 6.30. The van der Waals surface area contributed by atoms with E-state index in [4.69, 9.17) is 11.6 Å². The molecule has 1 amide bonds. The lowest BCUT2D eigenvalue weighted by atomic mass is 10.0. The van der Waals surface area contributed by atoms with Gasteiger partial charge in [-0.2, -0.15) is 0 Å². The van der Waals surface area contributed by atoms with E-state index >= 15 is 0 Å². The molecular weight excluding hydrogens is 371 g/mol. The van der Waals surface area contributed by atoms with Crippen molar-refractivity contribution in [2.45, 2.75) is 12.5 Å². The van der Waals surface area contributed by atoms with Crippen LogP contribution in [0.5, 0.6) is 0 Å². The van der Waals surface area contributed by atoms with E-state index in [1.807, 2.05) is 47.5 Å². The Labute approximate surface area is 163 Å². The van der Waals surface area contributed by atoms with Crippen molar-refractivity contribution in [3.8, 4) is 0 Å². The lowest BCUT2D eigenvalue weighted by molar-refractivity contribution is -0.133. The van der Waals surface area contributed by atoms with Gasteiger partial charge in [-0.3, -0.25) is 4.79 Å². The van der Waals surface area contributed by atoms with Crippen LogP contribution in [0.2, 0.25) is 5.02 Å². The molecule has 2 aromatic heterocycles. The number of piperazine rings is 1. The molecule has 1 aliphatic heterocycles. The predicted molar refractivity (Wildman–Crippen MR) is 106 cm³/mol. The minimum atomic E-state index is 0. The van der Waals surface area contributed by atoms with E-state index in [2.05, 4.69) is 15.3 Å². The molecule has 1 aliphatic rings. The molecule has 136 valence electrons. The lowest BCUT2D eigenvalue weighted by Gasteiger charge is -2.36. The average molecular weight is 391 g/mol. The Balaban J connectivity index is 0.00000196. The van der Waals surface area contributed by atoms with Gasteiger partial charge in [-0.1, -0.05) is 23.7 Å². The number of benzene rings is 1. The summed E-state index contributed by atoms with van der Waals surface area (Å²) < 4.78 is 0. The van der Waals surface area contributed by atoms with Gasteiger partial charge in [0.2, 0.25) is 5.91 Å². The van der Waals surface area contributed by atoms with Crippen molar-refractivity contribution >= 4 is 40.9 Å².